The van der Waals surface area contributed by atoms with Crippen LogP contribution in [0.15, 0.2) is 48.5 Å². The van der Waals surface area contributed by atoms with Crippen LogP contribution in [0.2, 0.25) is 0 Å². The number of methoxy groups -OCH3 is 1. The largest absolute Gasteiger partial charge is 0.497 e. The molecule has 1 atom stereocenters. The minimum atomic E-state index is -0.321. The number of anilines is 1. The van der Waals surface area contributed by atoms with Crippen LogP contribution in [0.1, 0.15) is 12.5 Å². The van der Waals surface area contributed by atoms with E-state index >= 15 is 0 Å². The average molecular weight is 388 g/mol. The number of amides is 2. The molecule has 0 saturated heterocycles. The summed E-state index contributed by atoms with van der Waals surface area (Å²) in [6.45, 7) is 3.06. The van der Waals surface area contributed by atoms with Crippen LogP contribution in [-0.2, 0) is 16.1 Å². The third-order valence-corrected chi connectivity index (χ3v) is 4.27. The van der Waals surface area contributed by atoms with E-state index < -0.39 is 0 Å². The van der Waals surface area contributed by atoms with Gasteiger partial charge in [0.15, 0.2) is 13.1 Å². The zero-order chi connectivity index (χ0) is 20.5. The van der Waals surface area contributed by atoms with E-state index in [2.05, 4.69) is 5.32 Å². The SMILES string of the molecule is CCN(Cc1cccc(F)c1)C(=O)C[NH+](C)CC(=O)Nc1cccc(OC)c1. The molecular formula is C21H27FN3O3+. The summed E-state index contributed by atoms with van der Waals surface area (Å²) in [5, 5.41) is 2.80. The zero-order valence-corrected chi connectivity index (χ0v) is 16.5. The number of hydrogen-bond acceptors (Lipinski definition) is 3. The number of benzene rings is 2. The van der Waals surface area contributed by atoms with Gasteiger partial charge in [-0.3, -0.25) is 9.59 Å². The molecule has 2 aromatic rings. The fraction of sp³-hybridized carbons (Fsp3) is 0.333. The number of rotatable bonds is 9. The number of likely N-dealkylation sites (N-methyl/N-ethyl adjacent to an activating group) is 2. The van der Waals surface area contributed by atoms with Crippen molar-refractivity contribution in [3.8, 4) is 5.75 Å². The molecule has 28 heavy (non-hydrogen) atoms. The van der Waals surface area contributed by atoms with Gasteiger partial charge in [0, 0.05) is 24.8 Å². The number of hydrogen-bond donors (Lipinski definition) is 2. The fourth-order valence-electron chi connectivity index (χ4n) is 2.84. The molecule has 2 amide bonds. The minimum Gasteiger partial charge on any atom is -0.497 e. The Morgan fingerprint density at radius 1 is 1.14 bits per heavy atom. The second kappa shape index (κ2) is 10.4. The van der Waals surface area contributed by atoms with Crippen LogP contribution in [0.4, 0.5) is 10.1 Å². The summed E-state index contributed by atoms with van der Waals surface area (Å²) < 4.78 is 18.5. The van der Waals surface area contributed by atoms with E-state index in [0.717, 1.165) is 10.5 Å². The molecule has 6 nitrogen and oxygen atoms in total. The van der Waals surface area contributed by atoms with Gasteiger partial charge in [0.25, 0.3) is 11.8 Å². The molecule has 0 radical (unpaired) electrons. The Balaban J connectivity index is 1.86. The Bertz CT molecular complexity index is 813. The number of quaternary nitrogens is 1. The summed E-state index contributed by atoms with van der Waals surface area (Å²) in [5.41, 5.74) is 1.38. The number of nitrogens with zero attached hydrogens (tertiary/aromatic N) is 1. The first-order chi connectivity index (χ1) is 13.4. The molecule has 0 aliphatic rings. The van der Waals surface area contributed by atoms with E-state index in [-0.39, 0.29) is 30.7 Å². The first-order valence-corrected chi connectivity index (χ1v) is 9.18. The Kier molecular flexibility index (Phi) is 7.95. The van der Waals surface area contributed by atoms with E-state index in [9.17, 15) is 14.0 Å². The third-order valence-electron chi connectivity index (χ3n) is 4.27. The van der Waals surface area contributed by atoms with Crippen molar-refractivity contribution in [2.45, 2.75) is 13.5 Å². The fourth-order valence-corrected chi connectivity index (χ4v) is 2.84. The highest BCUT2D eigenvalue weighted by molar-refractivity contribution is 5.91. The van der Waals surface area contributed by atoms with Crippen LogP contribution in [-0.4, -0.2) is 50.5 Å². The van der Waals surface area contributed by atoms with Gasteiger partial charge in [0.2, 0.25) is 0 Å². The Hall–Kier alpha value is -2.93. The lowest BCUT2D eigenvalue weighted by Crippen LogP contribution is -3.11. The van der Waals surface area contributed by atoms with E-state index in [4.69, 9.17) is 4.74 Å². The van der Waals surface area contributed by atoms with Crippen LogP contribution in [0.3, 0.4) is 0 Å². The topological polar surface area (TPSA) is 63.1 Å². The lowest BCUT2D eigenvalue weighted by molar-refractivity contribution is -0.862. The summed E-state index contributed by atoms with van der Waals surface area (Å²) in [7, 11) is 3.35. The molecule has 0 fully saturated rings. The van der Waals surface area contributed by atoms with Crippen molar-refractivity contribution in [3.63, 3.8) is 0 Å². The van der Waals surface area contributed by atoms with E-state index in [1.165, 1.54) is 12.1 Å². The van der Waals surface area contributed by atoms with E-state index in [0.29, 0.717) is 24.5 Å². The lowest BCUT2D eigenvalue weighted by atomic mass is 10.2. The maximum atomic E-state index is 13.3. The van der Waals surface area contributed by atoms with Crippen LogP contribution in [0.5, 0.6) is 5.75 Å². The predicted molar refractivity (Wildman–Crippen MR) is 106 cm³/mol. The molecule has 2 rings (SSSR count). The van der Waals surface area contributed by atoms with E-state index in [1.807, 2.05) is 6.92 Å². The van der Waals surface area contributed by atoms with Gasteiger partial charge in [-0.1, -0.05) is 18.2 Å². The highest BCUT2D eigenvalue weighted by Gasteiger charge is 2.19. The lowest BCUT2D eigenvalue weighted by Gasteiger charge is -2.22. The second-order valence-electron chi connectivity index (χ2n) is 6.63. The molecule has 0 bridgehead atoms. The van der Waals surface area contributed by atoms with Crippen molar-refractivity contribution in [2.24, 2.45) is 0 Å². The second-order valence-corrected chi connectivity index (χ2v) is 6.63. The first-order valence-electron chi connectivity index (χ1n) is 9.18. The Morgan fingerprint density at radius 2 is 1.89 bits per heavy atom. The first kappa shape index (κ1) is 21.4. The van der Waals surface area contributed by atoms with Crippen molar-refractivity contribution in [2.75, 3.05) is 39.1 Å². The molecule has 0 heterocycles. The number of carbonyl (C=O) groups is 2. The molecule has 0 spiro atoms. The Labute approximate surface area is 164 Å². The normalized spacial score (nSPS) is 11.6. The summed E-state index contributed by atoms with van der Waals surface area (Å²) >= 11 is 0. The van der Waals surface area contributed by atoms with Gasteiger partial charge >= 0.3 is 0 Å². The van der Waals surface area contributed by atoms with Gasteiger partial charge in [0.05, 0.1) is 14.2 Å². The van der Waals surface area contributed by atoms with Gasteiger partial charge in [-0.2, -0.15) is 0 Å². The van der Waals surface area contributed by atoms with Crippen molar-refractivity contribution < 1.29 is 23.6 Å². The number of nitrogens with one attached hydrogen (secondary N) is 2. The monoisotopic (exact) mass is 388 g/mol. The molecule has 7 heteroatoms. The molecule has 2 N–H and O–H groups in total. The van der Waals surface area contributed by atoms with Crippen molar-refractivity contribution in [1.82, 2.24) is 4.90 Å². The van der Waals surface area contributed by atoms with Crippen LogP contribution in [0.25, 0.3) is 0 Å². The van der Waals surface area contributed by atoms with Gasteiger partial charge in [-0.25, -0.2) is 4.39 Å². The van der Waals surface area contributed by atoms with Gasteiger partial charge in [-0.15, -0.1) is 0 Å². The number of halogens is 1. The number of ether oxygens (including phenoxy) is 1. The molecule has 0 saturated carbocycles. The zero-order valence-electron chi connectivity index (χ0n) is 16.5. The van der Waals surface area contributed by atoms with Crippen molar-refractivity contribution in [1.29, 1.82) is 0 Å². The van der Waals surface area contributed by atoms with Crippen molar-refractivity contribution >= 4 is 17.5 Å². The van der Waals surface area contributed by atoms with Crippen LogP contribution >= 0.6 is 0 Å². The maximum Gasteiger partial charge on any atom is 0.279 e. The smallest absolute Gasteiger partial charge is 0.279 e. The van der Waals surface area contributed by atoms with Crippen molar-refractivity contribution in [3.05, 3.63) is 59.9 Å². The molecule has 0 aliphatic carbocycles. The van der Waals surface area contributed by atoms with Gasteiger partial charge < -0.3 is 19.9 Å². The van der Waals surface area contributed by atoms with E-state index in [1.54, 1.807) is 55.5 Å². The van der Waals surface area contributed by atoms with Crippen LogP contribution < -0.4 is 15.0 Å². The molecular weight excluding hydrogens is 361 g/mol. The Morgan fingerprint density at radius 3 is 2.57 bits per heavy atom. The van der Waals surface area contributed by atoms with Crippen LogP contribution in [0, 0.1) is 5.82 Å². The summed E-state index contributed by atoms with van der Waals surface area (Å²) in [5.74, 6) is 0.0627. The molecule has 0 aliphatic heterocycles. The number of carbonyl (C=O) groups excluding carboxylic acids is 2. The standard InChI is InChI=1S/C21H26FN3O3/c1-4-25(13-16-7-5-8-17(22)11-16)21(27)15-24(2)14-20(26)23-18-9-6-10-19(12-18)28-3/h5-12H,4,13-15H2,1-3H3,(H,23,26)/p+1. The molecule has 150 valence electrons. The summed E-state index contributed by atoms with van der Waals surface area (Å²) in [6, 6.07) is 13.3. The molecule has 2 aromatic carbocycles. The summed E-state index contributed by atoms with van der Waals surface area (Å²) in [4.78, 5) is 27.2. The van der Waals surface area contributed by atoms with Gasteiger partial charge in [-0.05, 0) is 36.8 Å². The summed E-state index contributed by atoms with van der Waals surface area (Å²) in [6.07, 6.45) is 0. The van der Waals surface area contributed by atoms with Gasteiger partial charge in [0.1, 0.15) is 11.6 Å². The predicted octanol–water partition coefficient (Wildman–Crippen LogP) is 1.34. The quantitative estimate of drug-likeness (QED) is 0.681. The average Bonchev–Trinajstić information content (AvgIpc) is 2.65. The third kappa shape index (κ3) is 6.66. The highest BCUT2D eigenvalue weighted by atomic mass is 19.1. The maximum absolute atomic E-state index is 13.3. The minimum absolute atomic E-state index is 0.0848. The molecule has 1 unspecified atom stereocenters. The molecule has 0 aromatic heterocycles. The highest BCUT2D eigenvalue weighted by Crippen LogP contribution is 2.16.